The average molecular weight is 1570 g/mol. The van der Waals surface area contributed by atoms with Gasteiger partial charge < -0.3 is 80.6 Å². The Hall–Kier alpha value is -9.02. The summed E-state index contributed by atoms with van der Waals surface area (Å²) in [4.78, 5) is 164. The lowest BCUT2D eigenvalue weighted by molar-refractivity contribution is -0.148. The molecule has 1 fully saturated rings. The minimum absolute atomic E-state index is 0.00619. The molecule has 1 unspecified atom stereocenters. The number of likely N-dealkylation sites (N-methyl/N-ethyl adjacent to an activating group) is 2. The summed E-state index contributed by atoms with van der Waals surface area (Å²) in [6, 6.07) is 16.2. The molecule has 8 N–H and O–H groups in total. The van der Waals surface area contributed by atoms with Gasteiger partial charge in [0.25, 0.3) is 11.8 Å². The van der Waals surface area contributed by atoms with E-state index in [2.05, 4.69) is 36.9 Å². The molecule has 12 amide bonds. The summed E-state index contributed by atoms with van der Waals surface area (Å²) in [6.07, 6.45) is 2.11. The van der Waals surface area contributed by atoms with Crippen molar-refractivity contribution in [2.75, 3.05) is 106 Å². The highest BCUT2D eigenvalue weighted by Crippen LogP contribution is 2.32. The van der Waals surface area contributed by atoms with E-state index < -0.39 is 126 Å². The summed E-state index contributed by atoms with van der Waals surface area (Å²) in [7, 11) is 6.15. The number of urea groups is 1. The van der Waals surface area contributed by atoms with Gasteiger partial charge in [-0.1, -0.05) is 123 Å². The van der Waals surface area contributed by atoms with Gasteiger partial charge in [-0.15, -0.1) is 16.4 Å². The van der Waals surface area contributed by atoms with Crippen molar-refractivity contribution in [3.8, 4) is 0 Å². The third-order valence-corrected chi connectivity index (χ3v) is 20.6. The minimum Gasteiger partial charge on any atom is -0.445 e. The van der Waals surface area contributed by atoms with Crippen LogP contribution in [-0.2, 0) is 84.6 Å². The average Bonchev–Trinajstić information content (AvgIpc) is 1.66. The summed E-state index contributed by atoms with van der Waals surface area (Å²) in [6.45, 7) is 18.4. The second kappa shape index (κ2) is 46.7. The molecule has 3 heterocycles. The molecule has 6 rings (SSSR count). The van der Waals surface area contributed by atoms with E-state index in [0.717, 1.165) is 15.6 Å². The molecule has 32 heteroatoms. The molecule has 0 radical (unpaired) electrons. The van der Waals surface area contributed by atoms with Crippen molar-refractivity contribution in [1.29, 1.82) is 0 Å². The van der Waals surface area contributed by atoms with Crippen LogP contribution in [0.25, 0.3) is 0 Å². The van der Waals surface area contributed by atoms with Gasteiger partial charge in [0, 0.05) is 65.1 Å². The maximum atomic E-state index is 14.9. The summed E-state index contributed by atoms with van der Waals surface area (Å²) >= 11 is 1.47. The number of imide groups is 1. The molecular weight excluding hydrogens is 1450 g/mol. The zero-order valence-electron chi connectivity index (χ0n) is 66.4. The van der Waals surface area contributed by atoms with Crippen molar-refractivity contribution in [2.45, 2.75) is 175 Å². The number of hydrogen-bond donors (Lipinski definition) is 7. The van der Waals surface area contributed by atoms with Crippen molar-refractivity contribution in [1.82, 2.24) is 51.3 Å². The number of primary amides is 1. The van der Waals surface area contributed by atoms with Crippen molar-refractivity contribution < 1.29 is 90.7 Å². The topological polar surface area (TPSA) is 386 Å². The number of fused-ring (bicyclic) bond motifs is 1. The van der Waals surface area contributed by atoms with Gasteiger partial charge in [-0.25, -0.2) is 14.6 Å². The standard InChI is InChI=1S/C79H116N12O19S/c1-14-52(8)68(62(103-12)47-64(93)90-35-21-27-61(90)69(104-13)53(9)70(94)85-60(74-81-34-45-111-74)46-54-22-16-15-17-23-54)88(10)77(100)66(50(4)5)87-73(97)67(51(6)7)89(11)79(102)109-48-55-28-30-56(31-29-55)83-71(95)59(26-20-33-82-78(80)101)84-72(96)65(49(2)3)86-63(92)32-36-105-37-38-106-39-40-107-41-42-108-43-44-110-91-75(98)57-24-18-19-25-58(57)76(91)99/h15-19,22-25,28-31,34,45,49-53,59-62,65-69H,14,20-21,26-27,32-33,35-44,46-48H2,1-13H3,(H,83,95)(H,84,96)(H,85,94)(H,86,92)(H,87,97)(H3,80,82,101)/t52-,53+,59-,60-,61-,62+,65-,66-,67-,68?,69+/m0/s1. The van der Waals surface area contributed by atoms with Crippen LogP contribution in [-0.4, -0.2) is 239 Å². The molecule has 1 aromatic heterocycles. The van der Waals surface area contributed by atoms with Crippen molar-refractivity contribution in [2.24, 2.45) is 35.3 Å². The number of nitrogens with two attached hydrogens (primary N) is 1. The molecule has 0 aliphatic carbocycles. The molecule has 11 atom stereocenters. The smallest absolute Gasteiger partial charge is 0.410 e. The summed E-state index contributed by atoms with van der Waals surface area (Å²) < 4.78 is 40.0. The van der Waals surface area contributed by atoms with E-state index in [0.29, 0.717) is 43.5 Å². The molecule has 111 heavy (non-hydrogen) atoms. The molecule has 3 aromatic carbocycles. The van der Waals surface area contributed by atoms with Gasteiger partial charge in [-0.05, 0) is 91.2 Å². The SMILES string of the molecule is CC[C@H](C)C([C@@H](CC(=O)N1CCC[C@H]1[C@H](OC)[C@@H](C)C(=O)N[C@@H](Cc1ccccc1)c1nccs1)OC)N(C)C(=O)[C@@H](NC(=O)[C@H](C(C)C)N(C)C(=O)OCc1ccc(NC(=O)[C@H](CCCNC(N)=O)NC(=O)[C@@H](NC(=O)CCOCCOCCOCCOCCON2C(=O)c3ccccc3C2=O)C(C)C)cc1)C(C)C. The predicted molar refractivity (Wildman–Crippen MR) is 414 cm³/mol. The Bertz CT molecular complexity index is 3600. The highest BCUT2D eigenvalue weighted by molar-refractivity contribution is 7.09. The number of hydroxylamine groups is 2. The fourth-order valence-electron chi connectivity index (χ4n) is 13.5. The number of benzene rings is 3. The van der Waals surface area contributed by atoms with E-state index in [1.54, 1.807) is 106 Å². The number of thiazole rings is 1. The van der Waals surface area contributed by atoms with E-state index in [1.807, 2.05) is 70.3 Å². The summed E-state index contributed by atoms with van der Waals surface area (Å²) in [5, 5.41) is 20.4. The van der Waals surface area contributed by atoms with Crippen LogP contribution >= 0.6 is 11.3 Å². The Balaban J connectivity index is 0.948. The first kappa shape index (κ1) is 90.9. The lowest BCUT2D eigenvalue weighted by atomic mass is 9.89. The molecule has 612 valence electrons. The number of carbonyl (C=O) groups is 11. The molecule has 4 aromatic rings. The number of hydrogen-bond acceptors (Lipinski definition) is 21. The zero-order chi connectivity index (χ0) is 81.3. The number of nitrogens with zero attached hydrogens (tertiary/aromatic N) is 5. The maximum absolute atomic E-state index is 14.9. The molecule has 1 saturated heterocycles. The number of likely N-dealkylation sites (tertiary alicyclic amines) is 1. The van der Waals surface area contributed by atoms with E-state index >= 15 is 0 Å². The molecular formula is C79H116N12O19S. The predicted octanol–water partition coefficient (Wildman–Crippen LogP) is 6.59. The number of amides is 12. The second-order valence-electron chi connectivity index (χ2n) is 28.7. The Labute approximate surface area is 655 Å². The van der Waals surface area contributed by atoms with Gasteiger partial charge in [0.15, 0.2) is 0 Å². The maximum Gasteiger partial charge on any atom is 0.410 e. The summed E-state index contributed by atoms with van der Waals surface area (Å²) in [5.41, 5.74) is 7.76. The monoisotopic (exact) mass is 1570 g/mol. The number of methoxy groups -OCH3 is 2. The van der Waals surface area contributed by atoms with E-state index in [4.69, 9.17) is 43.7 Å². The largest absolute Gasteiger partial charge is 0.445 e. The highest BCUT2D eigenvalue weighted by Gasteiger charge is 2.45. The molecule has 2 aliphatic rings. The number of ether oxygens (including phenoxy) is 7. The number of carbonyl (C=O) groups excluding carboxylic acids is 11. The lowest BCUT2D eigenvalue weighted by Gasteiger charge is -2.41. The Morgan fingerprint density at radius 3 is 1.82 bits per heavy atom. The van der Waals surface area contributed by atoms with Crippen LogP contribution in [0.5, 0.6) is 0 Å². The van der Waals surface area contributed by atoms with Gasteiger partial charge in [0.2, 0.25) is 41.4 Å². The Morgan fingerprint density at radius 2 is 1.26 bits per heavy atom. The van der Waals surface area contributed by atoms with E-state index in [9.17, 15) is 52.7 Å². The van der Waals surface area contributed by atoms with Crippen LogP contribution in [0.15, 0.2) is 90.4 Å². The van der Waals surface area contributed by atoms with Gasteiger partial charge in [-0.2, -0.15) is 0 Å². The lowest BCUT2D eigenvalue weighted by Crippen LogP contribution is -2.60. The van der Waals surface area contributed by atoms with Gasteiger partial charge in [0.1, 0.15) is 35.8 Å². The van der Waals surface area contributed by atoms with Crippen LogP contribution in [0.2, 0.25) is 0 Å². The molecule has 2 aliphatic heterocycles. The third-order valence-electron chi connectivity index (χ3n) is 19.7. The number of rotatable bonds is 49. The third kappa shape index (κ3) is 27.7. The van der Waals surface area contributed by atoms with Gasteiger partial charge >= 0.3 is 12.1 Å². The first-order valence-corrected chi connectivity index (χ1v) is 39.0. The van der Waals surface area contributed by atoms with Crippen LogP contribution in [0, 0.1) is 29.6 Å². The van der Waals surface area contributed by atoms with Crippen LogP contribution in [0.1, 0.15) is 150 Å². The van der Waals surface area contributed by atoms with E-state index in [-0.39, 0.29) is 133 Å². The molecule has 0 bridgehead atoms. The van der Waals surface area contributed by atoms with Crippen molar-refractivity contribution in [3.05, 3.63) is 118 Å². The fraction of sp³-hybridized carbons (Fsp3) is 0.595. The van der Waals surface area contributed by atoms with Gasteiger partial charge in [-0.3, -0.25) is 52.9 Å². The quantitative estimate of drug-likeness (QED) is 0.0181. The molecule has 31 nitrogen and oxygen atoms in total. The fourth-order valence-corrected chi connectivity index (χ4v) is 14.2. The molecule has 0 saturated carbocycles. The van der Waals surface area contributed by atoms with Crippen LogP contribution < -0.4 is 37.6 Å². The Morgan fingerprint density at radius 1 is 0.658 bits per heavy atom. The van der Waals surface area contributed by atoms with Crippen LogP contribution in [0.4, 0.5) is 15.3 Å². The normalized spacial score (nSPS) is 16.2. The Kier molecular flexibility index (Phi) is 38.2. The highest BCUT2D eigenvalue weighted by atomic mass is 32.1. The zero-order valence-corrected chi connectivity index (χ0v) is 67.2. The second-order valence-corrected chi connectivity index (χ2v) is 29.7. The van der Waals surface area contributed by atoms with Crippen molar-refractivity contribution in [3.63, 3.8) is 0 Å². The van der Waals surface area contributed by atoms with E-state index in [1.165, 1.54) is 30.4 Å². The number of anilines is 1. The minimum atomic E-state index is -1.13. The van der Waals surface area contributed by atoms with Gasteiger partial charge in [0.05, 0.1) is 113 Å². The first-order valence-electron chi connectivity index (χ1n) is 38.1. The van der Waals surface area contributed by atoms with Crippen molar-refractivity contribution >= 4 is 82.3 Å². The number of aromatic nitrogens is 1. The summed E-state index contributed by atoms with van der Waals surface area (Å²) in [5.74, 6) is -6.26. The molecule has 0 spiro atoms. The van der Waals surface area contributed by atoms with Crippen LogP contribution in [0.3, 0.4) is 0 Å². The first-order chi connectivity index (χ1) is 53.1. The number of nitrogens with one attached hydrogen (secondary N) is 6.